The number of hydrogen-bond donors (Lipinski definition) is 1. The van der Waals surface area contributed by atoms with E-state index in [1.165, 1.54) is 0 Å². The minimum Gasteiger partial charge on any atom is -0.378 e. The lowest BCUT2D eigenvalue weighted by Crippen LogP contribution is -2.49. The summed E-state index contributed by atoms with van der Waals surface area (Å²) in [4.78, 5) is 4.93. The fourth-order valence-corrected chi connectivity index (χ4v) is 5.09. The molecular formula is C15H22N2OS2. The van der Waals surface area contributed by atoms with Crippen LogP contribution in [0.1, 0.15) is 44.6 Å². The normalized spacial score (nSPS) is 26.1. The molecule has 1 unspecified atom stereocenters. The van der Waals surface area contributed by atoms with Crippen LogP contribution >= 0.6 is 12.2 Å². The molecule has 5 heteroatoms. The Hall–Kier alpha value is -0.810. The highest BCUT2D eigenvalue weighted by Gasteiger charge is 2.44. The summed E-state index contributed by atoms with van der Waals surface area (Å²) in [5, 5.41) is 3.33. The van der Waals surface area contributed by atoms with Gasteiger partial charge in [0.05, 0.1) is 4.99 Å². The monoisotopic (exact) mass is 310 g/mol. The van der Waals surface area contributed by atoms with E-state index >= 15 is 0 Å². The van der Waals surface area contributed by atoms with E-state index in [1.54, 1.807) is 6.20 Å². The number of nitrogens with one attached hydrogen (secondary N) is 1. The van der Waals surface area contributed by atoms with Crippen molar-refractivity contribution in [3.8, 4) is 0 Å². The Kier molecular flexibility index (Phi) is 5.66. The molecule has 0 spiro atoms. The average Bonchev–Trinajstić information content (AvgIpc) is 2.49. The summed E-state index contributed by atoms with van der Waals surface area (Å²) in [7, 11) is -0.967. The van der Waals surface area contributed by atoms with Crippen LogP contribution in [-0.2, 0) is 15.5 Å². The Morgan fingerprint density at radius 1 is 1.55 bits per heavy atom. The zero-order valence-corrected chi connectivity index (χ0v) is 13.6. The molecule has 1 aliphatic rings. The average molecular weight is 310 g/mol. The van der Waals surface area contributed by atoms with Crippen molar-refractivity contribution in [2.75, 3.05) is 12.3 Å². The molecule has 20 heavy (non-hydrogen) atoms. The number of thiocarbonyl (C=S) groups is 1. The van der Waals surface area contributed by atoms with Gasteiger partial charge in [-0.15, -0.1) is 0 Å². The lowest BCUT2D eigenvalue weighted by Gasteiger charge is -2.37. The van der Waals surface area contributed by atoms with Gasteiger partial charge >= 0.3 is 0 Å². The Labute approximate surface area is 129 Å². The van der Waals surface area contributed by atoms with Gasteiger partial charge in [-0.3, -0.25) is 9.19 Å². The van der Waals surface area contributed by atoms with E-state index in [0.29, 0.717) is 0 Å². The molecule has 0 saturated carbocycles. The number of aromatic nitrogens is 1. The first-order valence-corrected chi connectivity index (χ1v) is 9.02. The molecule has 0 aromatic carbocycles. The number of hydrogen-bond acceptors (Lipinski definition) is 3. The highest BCUT2D eigenvalue weighted by molar-refractivity contribution is 7.90. The highest BCUT2D eigenvalue weighted by atomic mass is 32.2. The molecule has 3 nitrogen and oxygen atoms in total. The Morgan fingerprint density at radius 3 is 3.05 bits per heavy atom. The third-order valence-electron chi connectivity index (χ3n) is 3.81. The molecule has 1 N–H and O–H groups in total. The lowest BCUT2D eigenvalue weighted by molar-refractivity contribution is 0.569. The number of pyridine rings is 1. The Balaban J connectivity index is 2.29. The standard InChI is InChI=1S/C15H22N2OS2/c1-2-3-10-17-14(19)15(8-4-5-11-20(15)18)13-7-6-9-16-12-13/h6-7,9,12H,2-5,8,10-11H2,1H3,(H,17,19)/t15-,20?/m1/s1. The molecule has 0 radical (unpaired) electrons. The van der Waals surface area contributed by atoms with Crippen molar-refractivity contribution >= 4 is 28.0 Å². The summed E-state index contributed by atoms with van der Waals surface area (Å²) in [6.45, 7) is 3.01. The Bertz CT molecular complexity index is 478. The minimum absolute atomic E-state index is 0.532. The first kappa shape index (κ1) is 15.6. The smallest absolute Gasteiger partial charge is 0.122 e. The number of rotatable bonds is 5. The molecule has 0 aliphatic carbocycles. The molecule has 110 valence electrons. The summed E-state index contributed by atoms with van der Waals surface area (Å²) in [5.41, 5.74) is 0.993. The molecule has 0 bridgehead atoms. The van der Waals surface area contributed by atoms with Crippen molar-refractivity contribution in [1.29, 1.82) is 0 Å². The molecule has 1 saturated heterocycles. The van der Waals surface area contributed by atoms with Crippen LogP contribution in [-0.4, -0.2) is 26.5 Å². The van der Waals surface area contributed by atoms with Gasteiger partial charge in [0.1, 0.15) is 4.75 Å². The molecule has 2 rings (SSSR count). The summed E-state index contributed by atoms with van der Waals surface area (Å²) >= 11 is 5.63. The minimum atomic E-state index is -0.967. The number of nitrogens with zero attached hydrogens (tertiary/aromatic N) is 1. The van der Waals surface area contributed by atoms with Crippen LogP contribution in [0.25, 0.3) is 0 Å². The van der Waals surface area contributed by atoms with Gasteiger partial charge in [-0.2, -0.15) is 0 Å². The zero-order valence-electron chi connectivity index (χ0n) is 11.9. The quantitative estimate of drug-likeness (QED) is 0.671. The van der Waals surface area contributed by atoms with Gasteiger partial charge in [-0.05, 0) is 30.9 Å². The van der Waals surface area contributed by atoms with Gasteiger partial charge in [0.25, 0.3) is 0 Å². The fourth-order valence-electron chi connectivity index (χ4n) is 2.64. The van der Waals surface area contributed by atoms with Crippen molar-refractivity contribution in [3.05, 3.63) is 30.1 Å². The predicted molar refractivity (Wildman–Crippen MR) is 88.3 cm³/mol. The largest absolute Gasteiger partial charge is 0.378 e. The van der Waals surface area contributed by atoms with Crippen molar-refractivity contribution in [2.45, 2.75) is 43.8 Å². The SMILES string of the molecule is CCCCNC(=S)[C@]1(c2cccnc2)CCCCS1=O. The van der Waals surface area contributed by atoms with Gasteiger partial charge in [-0.1, -0.05) is 38.0 Å². The maximum absolute atomic E-state index is 12.7. The second-order valence-corrected chi connectivity index (χ2v) is 7.39. The van der Waals surface area contributed by atoms with Crippen LogP contribution in [0.2, 0.25) is 0 Å². The maximum atomic E-state index is 12.7. The first-order valence-electron chi connectivity index (χ1n) is 7.29. The summed E-state index contributed by atoms with van der Waals surface area (Å²) < 4.78 is 12.2. The molecule has 1 aromatic rings. The van der Waals surface area contributed by atoms with Gasteiger partial charge < -0.3 is 5.32 Å². The molecule has 1 aromatic heterocycles. The van der Waals surface area contributed by atoms with E-state index in [1.807, 2.05) is 18.3 Å². The van der Waals surface area contributed by atoms with Crippen LogP contribution in [0, 0.1) is 0 Å². The molecule has 2 atom stereocenters. The van der Waals surface area contributed by atoms with E-state index in [0.717, 1.165) is 55.0 Å². The molecule has 0 amide bonds. The van der Waals surface area contributed by atoms with Crippen LogP contribution in [0.5, 0.6) is 0 Å². The fraction of sp³-hybridized carbons (Fsp3) is 0.600. The number of unbranched alkanes of at least 4 members (excludes halogenated alkanes) is 1. The van der Waals surface area contributed by atoms with Crippen LogP contribution in [0.15, 0.2) is 24.5 Å². The molecule has 1 fully saturated rings. The summed E-state index contributed by atoms with van der Waals surface area (Å²) in [5.74, 6) is 0.727. The van der Waals surface area contributed by atoms with Gasteiger partial charge in [0, 0.05) is 35.5 Å². The van der Waals surface area contributed by atoms with Gasteiger partial charge in [0.2, 0.25) is 0 Å². The summed E-state index contributed by atoms with van der Waals surface area (Å²) in [6, 6.07) is 3.90. The van der Waals surface area contributed by atoms with Crippen LogP contribution in [0.4, 0.5) is 0 Å². The van der Waals surface area contributed by atoms with Crippen molar-refractivity contribution < 1.29 is 4.21 Å². The highest BCUT2D eigenvalue weighted by Crippen LogP contribution is 2.38. The summed E-state index contributed by atoms with van der Waals surface area (Å²) in [6.07, 6.45) is 8.70. The third-order valence-corrected chi connectivity index (χ3v) is 6.51. The van der Waals surface area contributed by atoms with Crippen molar-refractivity contribution in [3.63, 3.8) is 0 Å². The van der Waals surface area contributed by atoms with Gasteiger partial charge in [-0.25, -0.2) is 0 Å². The molecular weight excluding hydrogens is 288 g/mol. The predicted octanol–water partition coefficient (Wildman–Crippen LogP) is 2.93. The second kappa shape index (κ2) is 7.27. The second-order valence-electron chi connectivity index (χ2n) is 5.18. The first-order chi connectivity index (χ1) is 9.71. The maximum Gasteiger partial charge on any atom is 0.122 e. The molecule has 1 aliphatic heterocycles. The van der Waals surface area contributed by atoms with Crippen molar-refractivity contribution in [2.24, 2.45) is 0 Å². The van der Waals surface area contributed by atoms with Gasteiger partial charge in [0.15, 0.2) is 0 Å². The van der Waals surface area contributed by atoms with E-state index in [9.17, 15) is 4.21 Å². The van der Waals surface area contributed by atoms with Crippen LogP contribution < -0.4 is 5.32 Å². The van der Waals surface area contributed by atoms with E-state index in [-0.39, 0.29) is 0 Å². The lowest BCUT2D eigenvalue weighted by atomic mass is 9.92. The topological polar surface area (TPSA) is 42.0 Å². The third kappa shape index (κ3) is 3.09. The van der Waals surface area contributed by atoms with E-state index in [4.69, 9.17) is 12.2 Å². The zero-order chi connectivity index (χ0) is 14.4. The van der Waals surface area contributed by atoms with E-state index < -0.39 is 15.5 Å². The van der Waals surface area contributed by atoms with E-state index in [2.05, 4.69) is 17.2 Å². The van der Waals surface area contributed by atoms with Crippen LogP contribution in [0.3, 0.4) is 0 Å². The Morgan fingerprint density at radius 2 is 2.40 bits per heavy atom. The molecule has 2 heterocycles. The van der Waals surface area contributed by atoms with Crippen molar-refractivity contribution in [1.82, 2.24) is 10.3 Å².